The Morgan fingerprint density at radius 2 is 2.15 bits per heavy atom. The second-order valence-electron chi connectivity index (χ2n) is 10.2. The normalized spacial score (nSPS) is 20.9. The second kappa shape index (κ2) is 11.9. The lowest BCUT2D eigenvalue weighted by atomic mass is 9.94. The summed E-state index contributed by atoms with van der Waals surface area (Å²) in [6.45, 7) is 1.64. The van der Waals surface area contributed by atoms with Crippen molar-refractivity contribution in [2.45, 2.75) is 51.2 Å². The Bertz CT molecular complexity index is 1310. The number of urea groups is 1. The third-order valence-electron chi connectivity index (χ3n) is 7.80. The fourth-order valence-corrected chi connectivity index (χ4v) is 5.75. The minimum Gasteiger partial charge on any atom is -0.381 e. The molecular weight excluding hydrogens is 500 g/mol. The van der Waals surface area contributed by atoms with E-state index in [4.69, 9.17) is 9.47 Å². The summed E-state index contributed by atoms with van der Waals surface area (Å²) in [7, 11) is 1.72. The number of pyridine rings is 2. The van der Waals surface area contributed by atoms with Crippen molar-refractivity contribution in [3.8, 4) is 6.07 Å². The zero-order chi connectivity index (χ0) is 27.4. The van der Waals surface area contributed by atoms with Crippen molar-refractivity contribution in [2.24, 2.45) is 5.92 Å². The van der Waals surface area contributed by atoms with E-state index in [0.29, 0.717) is 67.5 Å². The highest BCUT2D eigenvalue weighted by Gasteiger charge is 2.30. The van der Waals surface area contributed by atoms with Crippen LogP contribution >= 0.6 is 0 Å². The quantitative estimate of drug-likeness (QED) is 0.538. The molecule has 2 aromatic rings. The van der Waals surface area contributed by atoms with E-state index in [9.17, 15) is 19.6 Å². The Morgan fingerprint density at radius 3 is 2.92 bits per heavy atom. The average Bonchev–Trinajstić information content (AvgIpc) is 3.40. The molecule has 3 aliphatic rings. The van der Waals surface area contributed by atoms with Gasteiger partial charge in [0.25, 0.3) is 0 Å². The van der Waals surface area contributed by atoms with E-state index in [1.165, 1.54) is 11.1 Å². The maximum Gasteiger partial charge on any atom is 0.328 e. The molecule has 1 aliphatic carbocycles. The number of nitrogens with zero attached hydrogens (tertiary/aromatic N) is 5. The molecule has 11 heteroatoms. The van der Waals surface area contributed by atoms with Gasteiger partial charge in [0.05, 0.1) is 18.3 Å². The smallest absolute Gasteiger partial charge is 0.328 e. The molecule has 5 rings (SSSR count). The van der Waals surface area contributed by atoms with E-state index in [1.54, 1.807) is 18.1 Å². The minimum atomic E-state index is -0.407. The van der Waals surface area contributed by atoms with Crippen molar-refractivity contribution in [1.82, 2.24) is 14.9 Å². The first-order chi connectivity index (χ1) is 19.0. The third kappa shape index (κ3) is 5.77. The van der Waals surface area contributed by atoms with E-state index >= 15 is 0 Å². The standard InChI is InChI=1S/C28H32N6O5/c1-38-24-6-2-4-18(24)10-20-12-25(30-14-22(20)13-29)32-28(37)34-7-3-5-19-11-21(23(16-35)31-27(19)34)15-33-8-9-39-17-26(33)36/h11-12,14,16,18,24H,2-10,15,17H2,1H3,(H,30,32,37)/t18?,24-/m0/s1. The predicted molar refractivity (Wildman–Crippen MR) is 141 cm³/mol. The van der Waals surface area contributed by atoms with Gasteiger partial charge >= 0.3 is 6.03 Å². The number of ether oxygens (including phenoxy) is 2. The molecule has 11 nitrogen and oxygen atoms in total. The number of amides is 3. The first kappa shape index (κ1) is 26.7. The number of methoxy groups -OCH3 is 1. The highest BCUT2D eigenvalue weighted by molar-refractivity contribution is 6.01. The number of hydrogen-bond donors (Lipinski definition) is 1. The van der Waals surface area contributed by atoms with Crippen LogP contribution in [-0.2, 0) is 33.7 Å². The molecule has 2 atom stereocenters. The topological polar surface area (TPSA) is 138 Å². The lowest BCUT2D eigenvalue weighted by Crippen LogP contribution is -2.42. The van der Waals surface area contributed by atoms with Crippen LogP contribution in [0.15, 0.2) is 18.3 Å². The summed E-state index contributed by atoms with van der Waals surface area (Å²) in [5, 5.41) is 12.5. The summed E-state index contributed by atoms with van der Waals surface area (Å²) in [6, 6.07) is 5.44. The maximum atomic E-state index is 13.4. The molecule has 2 aromatic heterocycles. The van der Waals surface area contributed by atoms with Crippen LogP contribution in [0.3, 0.4) is 0 Å². The Balaban J connectivity index is 1.35. The Labute approximate surface area is 227 Å². The van der Waals surface area contributed by atoms with E-state index in [0.717, 1.165) is 36.8 Å². The molecule has 1 N–H and O–H groups in total. The van der Waals surface area contributed by atoms with Gasteiger partial charge in [-0.25, -0.2) is 14.8 Å². The van der Waals surface area contributed by atoms with Crippen LogP contribution in [-0.4, -0.2) is 72.6 Å². The number of aromatic nitrogens is 2. The van der Waals surface area contributed by atoms with Crippen LogP contribution in [0.4, 0.5) is 16.4 Å². The average molecular weight is 533 g/mol. The number of carbonyl (C=O) groups excluding carboxylic acids is 3. The zero-order valence-corrected chi connectivity index (χ0v) is 22.0. The van der Waals surface area contributed by atoms with Gasteiger partial charge in [0.1, 0.15) is 30.0 Å². The maximum absolute atomic E-state index is 13.4. The fraction of sp³-hybridized carbons (Fsp3) is 0.500. The first-order valence-corrected chi connectivity index (χ1v) is 13.3. The van der Waals surface area contributed by atoms with Crippen LogP contribution < -0.4 is 10.2 Å². The molecule has 204 valence electrons. The highest BCUT2D eigenvalue weighted by atomic mass is 16.5. The lowest BCUT2D eigenvalue weighted by molar-refractivity contribution is -0.143. The van der Waals surface area contributed by atoms with Gasteiger partial charge in [-0.15, -0.1) is 0 Å². The van der Waals surface area contributed by atoms with Crippen LogP contribution in [0.25, 0.3) is 0 Å². The van der Waals surface area contributed by atoms with E-state index in [-0.39, 0.29) is 30.9 Å². The summed E-state index contributed by atoms with van der Waals surface area (Å²) < 4.78 is 10.8. The fourth-order valence-electron chi connectivity index (χ4n) is 5.75. The Morgan fingerprint density at radius 1 is 1.28 bits per heavy atom. The Kier molecular flexibility index (Phi) is 8.14. The largest absolute Gasteiger partial charge is 0.381 e. The predicted octanol–water partition coefficient (Wildman–Crippen LogP) is 2.86. The summed E-state index contributed by atoms with van der Waals surface area (Å²) >= 11 is 0. The first-order valence-electron chi connectivity index (χ1n) is 13.3. The molecule has 1 unspecified atom stereocenters. The van der Waals surface area contributed by atoms with Crippen LogP contribution in [0.2, 0.25) is 0 Å². The molecule has 4 heterocycles. The van der Waals surface area contributed by atoms with Gasteiger partial charge < -0.3 is 14.4 Å². The molecule has 1 saturated heterocycles. The molecule has 0 spiro atoms. The van der Waals surface area contributed by atoms with Crippen LogP contribution in [0, 0.1) is 17.2 Å². The number of rotatable bonds is 7. The molecule has 2 fully saturated rings. The van der Waals surface area contributed by atoms with Crippen molar-refractivity contribution in [3.05, 3.63) is 46.3 Å². The van der Waals surface area contributed by atoms with Gasteiger partial charge in [0.15, 0.2) is 6.29 Å². The molecule has 0 aromatic carbocycles. The van der Waals surface area contributed by atoms with Gasteiger partial charge in [0.2, 0.25) is 5.91 Å². The number of hydrogen-bond acceptors (Lipinski definition) is 8. The number of morpholine rings is 1. The number of fused-ring (bicyclic) bond motifs is 1. The van der Waals surface area contributed by atoms with Crippen molar-refractivity contribution in [1.29, 1.82) is 5.26 Å². The summed E-state index contributed by atoms with van der Waals surface area (Å²) in [4.78, 5) is 49.5. The molecule has 0 radical (unpaired) electrons. The monoisotopic (exact) mass is 532 g/mol. The molecular formula is C28H32N6O5. The molecule has 1 saturated carbocycles. The number of aryl methyl sites for hydroxylation is 1. The van der Waals surface area contributed by atoms with Crippen LogP contribution in [0.5, 0.6) is 0 Å². The van der Waals surface area contributed by atoms with Gasteiger partial charge in [-0.2, -0.15) is 5.26 Å². The van der Waals surface area contributed by atoms with Crippen molar-refractivity contribution in [2.75, 3.05) is 43.6 Å². The van der Waals surface area contributed by atoms with Crippen molar-refractivity contribution >= 4 is 29.9 Å². The van der Waals surface area contributed by atoms with E-state index < -0.39 is 6.03 Å². The number of aldehydes is 1. The van der Waals surface area contributed by atoms with Crippen molar-refractivity contribution < 1.29 is 23.9 Å². The SMILES string of the molecule is CO[C@H]1CCCC1Cc1cc(NC(=O)N2CCCc3cc(CN4CCOCC4=O)c(C=O)nc32)ncc1C#N. The molecule has 39 heavy (non-hydrogen) atoms. The minimum absolute atomic E-state index is 0.0292. The molecule has 3 amide bonds. The summed E-state index contributed by atoms with van der Waals surface area (Å²) in [5.41, 5.74) is 3.02. The van der Waals surface area contributed by atoms with Crippen LogP contribution in [0.1, 0.15) is 58.4 Å². The van der Waals surface area contributed by atoms with E-state index in [2.05, 4.69) is 21.4 Å². The summed E-state index contributed by atoms with van der Waals surface area (Å²) in [6.07, 6.45) is 7.56. The molecule has 2 aliphatic heterocycles. The van der Waals surface area contributed by atoms with Gasteiger partial charge in [-0.1, -0.05) is 6.42 Å². The molecule has 0 bridgehead atoms. The van der Waals surface area contributed by atoms with E-state index in [1.807, 2.05) is 6.07 Å². The summed E-state index contributed by atoms with van der Waals surface area (Å²) in [5.74, 6) is 0.971. The van der Waals surface area contributed by atoms with Gasteiger partial charge in [0, 0.05) is 38.5 Å². The number of anilines is 2. The number of nitrogens with one attached hydrogen (secondary N) is 1. The lowest BCUT2D eigenvalue weighted by Gasteiger charge is -2.31. The Hall–Kier alpha value is -3.88. The van der Waals surface area contributed by atoms with Gasteiger partial charge in [-0.3, -0.25) is 19.8 Å². The highest BCUT2D eigenvalue weighted by Crippen LogP contribution is 2.32. The number of carbonyl (C=O) groups is 3. The van der Waals surface area contributed by atoms with Crippen molar-refractivity contribution in [3.63, 3.8) is 0 Å². The van der Waals surface area contributed by atoms with Gasteiger partial charge in [-0.05, 0) is 61.3 Å². The second-order valence-corrected chi connectivity index (χ2v) is 10.2. The zero-order valence-electron chi connectivity index (χ0n) is 22.0. The third-order valence-corrected chi connectivity index (χ3v) is 7.80. The number of nitriles is 1.